The molecular formula is C14H14N4O. The highest BCUT2D eigenvalue weighted by molar-refractivity contribution is 5.77. The molecule has 2 aromatic heterocycles. The number of fused-ring (bicyclic) bond motifs is 1. The molecule has 1 aromatic carbocycles. The molecule has 3 N–H and O–H groups in total. The molecule has 3 aromatic rings. The Kier molecular flexibility index (Phi) is 2.98. The van der Waals surface area contributed by atoms with Gasteiger partial charge >= 0.3 is 0 Å². The molecule has 0 radical (unpaired) electrons. The predicted molar refractivity (Wildman–Crippen MR) is 72.1 cm³/mol. The molecule has 0 aliphatic rings. The summed E-state index contributed by atoms with van der Waals surface area (Å²) in [5, 5.41) is 1.04. The highest BCUT2D eigenvalue weighted by atomic mass is 16.3. The van der Waals surface area contributed by atoms with E-state index in [4.69, 9.17) is 10.3 Å². The van der Waals surface area contributed by atoms with Gasteiger partial charge in [0, 0.05) is 11.6 Å². The van der Waals surface area contributed by atoms with E-state index in [-0.39, 0.29) is 6.04 Å². The van der Waals surface area contributed by atoms with Gasteiger partial charge in [-0.3, -0.25) is 5.84 Å². The molecule has 2 heterocycles. The number of aromatic nitrogens is 2. The number of aryl methyl sites for hydroxylation is 1. The zero-order valence-electron chi connectivity index (χ0n) is 10.5. The number of para-hydroxylation sites is 1. The molecule has 0 aliphatic carbocycles. The van der Waals surface area contributed by atoms with Crippen LogP contribution in [-0.2, 0) is 0 Å². The highest BCUT2D eigenvalue weighted by Crippen LogP contribution is 2.26. The molecule has 0 amide bonds. The molecule has 1 unspecified atom stereocenters. The van der Waals surface area contributed by atoms with Crippen LogP contribution >= 0.6 is 0 Å². The number of nitrogens with one attached hydrogen (secondary N) is 1. The van der Waals surface area contributed by atoms with Crippen molar-refractivity contribution in [2.75, 3.05) is 0 Å². The zero-order chi connectivity index (χ0) is 13.2. The van der Waals surface area contributed by atoms with Crippen LogP contribution < -0.4 is 11.3 Å². The Morgan fingerprint density at radius 1 is 1.26 bits per heavy atom. The van der Waals surface area contributed by atoms with Gasteiger partial charge in [0.25, 0.3) is 0 Å². The summed E-state index contributed by atoms with van der Waals surface area (Å²) in [6, 6.07) is 11.4. The molecule has 5 heteroatoms. The maximum absolute atomic E-state index is 5.81. The van der Waals surface area contributed by atoms with E-state index >= 15 is 0 Å². The second-order valence-corrected chi connectivity index (χ2v) is 4.31. The van der Waals surface area contributed by atoms with E-state index < -0.39 is 0 Å². The lowest BCUT2D eigenvalue weighted by Crippen LogP contribution is -2.29. The van der Waals surface area contributed by atoms with E-state index in [1.807, 2.05) is 43.3 Å². The molecule has 0 saturated carbocycles. The van der Waals surface area contributed by atoms with E-state index in [1.54, 1.807) is 6.20 Å². The van der Waals surface area contributed by atoms with Gasteiger partial charge in [-0.1, -0.05) is 18.2 Å². The van der Waals surface area contributed by atoms with Gasteiger partial charge < -0.3 is 4.42 Å². The average molecular weight is 254 g/mol. The Bertz CT molecular complexity index is 674. The summed E-state index contributed by atoms with van der Waals surface area (Å²) in [6.45, 7) is 1.84. The van der Waals surface area contributed by atoms with Gasteiger partial charge in [0.2, 0.25) is 0 Å². The van der Waals surface area contributed by atoms with Crippen molar-refractivity contribution in [3.8, 4) is 0 Å². The third kappa shape index (κ3) is 2.21. The average Bonchev–Trinajstić information content (AvgIpc) is 2.83. The summed E-state index contributed by atoms with van der Waals surface area (Å²) in [6.07, 6.45) is 1.71. The minimum absolute atomic E-state index is 0.283. The standard InChI is InChI=1S/C14H14N4O/c1-9-16-7-6-11(17-9)14(18-15)13-8-10-4-2-3-5-12(10)19-13/h2-8,14,18H,15H2,1H3. The van der Waals surface area contributed by atoms with Gasteiger partial charge in [-0.2, -0.15) is 0 Å². The Balaban J connectivity index is 2.06. The summed E-state index contributed by atoms with van der Waals surface area (Å²) < 4.78 is 5.81. The fourth-order valence-electron chi connectivity index (χ4n) is 2.09. The summed E-state index contributed by atoms with van der Waals surface area (Å²) >= 11 is 0. The van der Waals surface area contributed by atoms with Crippen molar-refractivity contribution >= 4 is 11.0 Å². The molecule has 1 atom stereocenters. The molecule has 0 spiro atoms. The fourth-order valence-corrected chi connectivity index (χ4v) is 2.09. The molecule has 96 valence electrons. The van der Waals surface area contributed by atoms with Crippen LogP contribution in [0.1, 0.15) is 23.3 Å². The first-order chi connectivity index (χ1) is 9.28. The first-order valence-electron chi connectivity index (χ1n) is 6.02. The van der Waals surface area contributed by atoms with Gasteiger partial charge in [-0.15, -0.1) is 0 Å². The molecular weight excluding hydrogens is 240 g/mol. The van der Waals surface area contributed by atoms with Gasteiger partial charge in [0.15, 0.2) is 0 Å². The lowest BCUT2D eigenvalue weighted by atomic mass is 10.1. The summed E-state index contributed by atoms with van der Waals surface area (Å²) in [4.78, 5) is 8.46. The van der Waals surface area contributed by atoms with Crippen LogP contribution in [-0.4, -0.2) is 9.97 Å². The second-order valence-electron chi connectivity index (χ2n) is 4.31. The Morgan fingerprint density at radius 3 is 2.84 bits per heavy atom. The topological polar surface area (TPSA) is 77.0 Å². The molecule has 0 saturated heterocycles. The number of benzene rings is 1. The van der Waals surface area contributed by atoms with Crippen molar-refractivity contribution in [3.63, 3.8) is 0 Å². The van der Waals surface area contributed by atoms with Crippen molar-refractivity contribution in [3.05, 3.63) is 59.9 Å². The number of nitrogens with two attached hydrogens (primary N) is 1. The number of hydrogen-bond acceptors (Lipinski definition) is 5. The highest BCUT2D eigenvalue weighted by Gasteiger charge is 2.18. The van der Waals surface area contributed by atoms with Gasteiger partial charge in [-0.25, -0.2) is 15.4 Å². The minimum atomic E-state index is -0.283. The third-order valence-electron chi connectivity index (χ3n) is 2.99. The first-order valence-corrected chi connectivity index (χ1v) is 6.02. The van der Waals surface area contributed by atoms with Crippen LogP contribution in [0.3, 0.4) is 0 Å². The van der Waals surface area contributed by atoms with E-state index in [9.17, 15) is 0 Å². The monoisotopic (exact) mass is 254 g/mol. The van der Waals surface area contributed by atoms with Crippen molar-refractivity contribution in [2.24, 2.45) is 5.84 Å². The second kappa shape index (κ2) is 4.79. The summed E-state index contributed by atoms with van der Waals surface area (Å²) in [7, 11) is 0. The molecule has 19 heavy (non-hydrogen) atoms. The van der Waals surface area contributed by atoms with E-state index in [2.05, 4.69) is 15.4 Å². The Morgan fingerprint density at radius 2 is 2.11 bits per heavy atom. The van der Waals surface area contributed by atoms with Crippen LogP contribution in [0.5, 0.6) is 0 Å². The lowest BCUT2D eigenvalue weighted by molar-refractivity contribution is 0.470. The summed E-state index contributed by atoms with van der Waals surface area (Å²) in [5.74, 6) is 7.08. The third-order valence-corrected chi connectivity index (χ3v) is 2.99. The van der Waals surface area contributed by atoms with Gasteiger partial charge in [-0.05, 0) is 25.1 Å². The van der Waals surface area contributed by atoms with E-state index in [0.29, 0.717) is 5.82 Å². The number of hydrazine groups is 1. The molecule has 0 aliphatic heterocycles. The van der Waals surface area contributed by atoms with Crippen molar-refractivity contribution < 1.29 is 4.42 Å². The van der Waals surface area contributed by atoms with Gasteiger partial charge in [0.05, 0.1) is 5.69 Å². The van der Waals surface area contributed by atoms with Crippen LogP contribution in [0.4, 0.5) is 0 Å². The predicted octanol–water partition coefficient (Wildman–Crippen LogP) is 2.08. The smallest absolute Gasteiger partial charge is 0.134 e. The largest absolute Gasteiger partial charge is 0.459 e. The number of nitrogens with zero attached hydrogens (tertiary/aromatic N) is 2. The molecule has 5 nitrogen and oxygen atoms in total. The lowest BCUT2D eigenvalue weighted by Gasteiger charge is -2.12. The minimum Gasteiger partial charge on any atom is -0.459 e. The Labute approximate surface area is 110 Å². The Hall–Kier alpha value is -2.24. The number of furan rings is 1. The zero-order valence-corrected chi connectivity index (χ0v) is 10.5. The van der Waals surface area contributed by atoms with Crippen molar-refractivity contribution in [2.45, 2.75) is 13.0 Å². The van der Waals surface area contributed by atoms with Crippen molar-refractivity contribution in [1.29, 1.82) is 0 Å². The van der Waals surface area contributed by atoms with E-state index in [0.717, 1.165) is 22.4 Å². The fraction of sp³-hybridized carbons (Fsp3) is 0.143. The quantitative estimate of drug-likeness (QED) is 0.552. The molecule has 0 fully saturated rings. The SMILES string of the molecule is Cc1nccc(C(NN)c2cc3ccccc3o2)n1. The maximum atomic E-state index is 5.81. The van der Waals surface area contributed by atoms with Crippen LogP contribution in [0, 0.1) is 6.92 Å². The van der Waals surface area contributed by atoms with Crippen LogP contribution in [0.15, 0.2) is 47.0 Å². The summed E-state index contributed by atoms with van der Waals surface area (Å²) in [5.41, 5.74) is 4.36. The van der Waals surface area contributed by atoms with Crippen LogP contribution in [0.25, 0.3) is 11.0 Å². The first kappa shape index (κ1) is 11.8. The molecule has 0 bridgehead atoms. The van der Waals surface area contributed by atoms with Crippen LogP contribution in [0.2, 0.25) is 0 Å². The molecule has 3 rings (SSSR count). The normalized spacial score (nSPS) is 12.7. The van der Waals surface area contributed by atoms with Gasteiger partial charge in [0.1, 0.15) is 23.2 Å². The van der Waals surface area contributed by atoms with Crippen molar-refractivity contribution in [1.82, 2.24) is 15.4 Å². The van der Waals surface area contributed by atoms with E-state index in [1.165, 1.54) is 0 Å². The number of rotatable bonds is 3. The number of hydrogen-bond donors (Lipinski definition) is 2. The maximum Gasteiger partial charge on any atom is 0.134 e.